The third-order valence-electron chi connectivity index (χ3n) is 5.01. The van der Waals surface area contributed by atoms with Gasteiger partial charge in [-0.05, 0) is 18.9 Å². The molecule has 8 heteroatoms. The molecule has 0 saturated carbocycles. The number of nitrogens with zero attached hydrogens (tertiary/aromatic N) is 2. The molecule has 0 bridgehead atoms. The summed E-state index contributed by atoms with van der Waals surface area (Å²) in [5.41, 5.74) is 1.51. The first-order valence-corrected chi connectivity index (χ1v) is 9.44. The largest absolute Gasteiger partial charge is 0.507 e. The number of carbonyl (C=O) groups is 2. The van der Waals surface area contributed by atoms with Crippen LogP contribution in [0.1, 0.15) is 29.2 Å². The second-order valence-electron chi connectivity index (χ2n) is 7.06. The number of carbonyl (C=O) groups excluding carboxylic acids is 2. The minimum atomic E-state index is -0.928. The molecular weight excluding hydrogens is 388 g/mol. The minimum Gasteiger partial charge on any atom is -0.507 e. The summed E-state index contributed by atoms with van der Waals surface area (Å²) in [4.78, 5) is 37.6. The lowest BCUT2D eigenvalue weighted by atomic mass is 9.94. The fourth-order valence-electron chi connectivity index (χ4n) is 3.51. The Morgan fingerprint density at radius 3 is 2.53 bits per heavy atom. The summed E-state index contributed by atoms with van der Waals surface area (Å²) >= 11 is 0. The summed E-state index contributed by atoms with van der Waals surface area (Å²) in [6, 6.07) is 11.7. The van der Waals surface area contributed by atoms with Crippen molar-refractivity contribution >= 4 is 23.1 Å². The first-order valence-electron chi connectivity index (χ1n) is 9.44. The van der Waals surface area contributed by atoms with E-state index in [2.05, 4.69) is 0 Å². The van der Waals surface area contributed by atoms with Crippen molar-refractivity contribution in [3.8, 4) is 0 Å². The molecule has 0 unspecified atom stereocenters. The molecule has 1 saturated heterocycles. The number of hydrogen-bond donors (Lipinski definition) is 1. The number of benzene rings is 2. The average Bonchev–Trinajstić information content (AvgIpc) is 2.99. The van der Waals surface area contributed by atoms with Crippen LogP contribution in [-0.2, 0) is 14.3 Å². The Labute approximate surface area is 173 Å². The number of ether oxygens (including phenoxy) is 1. The Bertz CT molecular complexity index is 1010. The normalized spacial score (nSPS) is 18.1. The van der Waals surface area contributed by atoms with Gasteiger partial charge in [0.25, 0.3) is 17.4 Å². The smallest absolute Gasteiger partial charge is 0.295 e. The topological polar surface area (TPSA) is 110 Å². The highest BCUT2D eigenvalue weighted by Crippen LogP contribution is 2.40. The van der Waals surface area contributed by atoms with E-state index < -0.39 is 22.7 Å². The van der Waals surface area contributed by atoms with Crippen LogP contribution in [0.4, 0.5) is 5.69 Å². The number of methoxy groups -OCH3 is 1. The van der Waals surface area contributed by atoms with E-state index in [4.69, 9.17) is 4.74 Å². The predicted molar refractivity (Wildman–Crippen MR) is 110 cm³/mol. The molecule has 1 amide bonds. The van der Waals surface area contributed by atoms with Gasteiger partial charge in [-0.1, -0.05) is 42.0 Å². The van der Waals surface area contributed by atoms with Gasteiger partial charge in [-0.2, -0.15) is 0 Å². The summed E-state index contributed by atoms with van der Waals surface area (Å²) in [6.45, 7) is 2.47. The second-order valence-corrected chi connectivity index (χ2v) is 7.06. The van der Waals surface area contributed by atoms with E-state index in [0.717, 1.165) is 5.56 Å². The number of aliphatic hydroxyl groups is 1. The molecule has 0 spiro atoms. The van der Waals surface area contributed by atoms with Crippen LogP contribution in [-0.4, -0.2) is 46.9 Å². The molecule has 3 rings (SSSR count). The van der Waals surface area contributed by atoms with Crippen LogP contribution < -0.4 is 0 Å². The molecule has 156 valence electrons. The molecule has 0 aromatic heterocycles. The number of Topliss-reactive ketones (excluding diaryl/α,β-unsaturated/α-hetero) is 1. The van der Waals surface area contributed by atoms with Crippen LogP contribution in [0.3, 0.4) is 0 Å². The number of aryl methyl sites for hydroxylation is 1. The number of likely N-dealkylation sites (tertiary alicyclic amines) is 1. The molecule has 1 aliphatic rings. The Morgan fingerprint density at radius 2 is 1.90 bits per heavy atom. The molecule has 1 N–H and O–H groups in total. The van der Waals surface area contributed by atoms with Crippen molar-refractivity contribution < 1.29 is 24.4 Å². The Hall–Kier alpha value is -3.52. The summed E-state index contributed by atoms with van der Waals surface area (Å²) < 4.78 is 5.04. The van der Waals surface area contributed by atoms with E-state index in [1.54, 1.807) is 30.3 Å². The summed E-state index contributed by atoms with van der Waals surface area (Å²) in [7, 11) is 1.53. The van der Waals surface area contributed by atoms with Gasteiger partial charge in [0.1, 0.15) is 5.76 Å². The number of nitro groups is 1. The van der Waals surface area contributed by atoms with E-state index >= 15 is 0 Å². The molecule has 0 aliphatic carbocycles. The van der Waals surface area contributed by atoms with Crippen molar-refractivity contribution in [2.45, 2.75) is 19.4 Å². The highest BCUT2D eigenvalue weighted by molar-refractivity contribution is 6.46. The third-order valence-corrected chi connectivity index (χ3v) is 5.01. The van der Waals surface area contributed by atoms with Gasteiger partial charge in [-0.3, -0.25) is 19.7 Å². The number of non-ortho nitro benzene ring substituents is 1. The van der Waals surface area contributed by atoms with Crippen LogP contribution in [0, 0.1) is 17.0 Å². The molecule has 1 heterocycles. The minimum absolute atomic E-state index is 0.0817. The molecule has 8 nitrogen and oxygen atoms in total. The highest BCUT2D eigenvalue weighted by atomic mass is 16.6. The lowest BCUT2D eigenvalue weighted by Gasteiger charge is -2.25. The van der Waals surface area contributed by atoms with Crippen molar-refractivity contribution in [2.75, 3.05) is 20.3 Å². The Kier molecular flexibility index (Phi) is 6.27. The highest BCUT2D eigenvalue weighted by Gasteiger charge is 2.46. The third kappa shape index (κ3) is 4.08. The zero-order chi connectivity index (χ0) is 21.8. The molecule has 1 atom stereocenters. The van der Waals surface area contributed by atoms with Crippen LogP contribution in [0.2, 0.25) is 0 Å². The first-order chi connectivity index (χ1) is 14.3. The number of hydrogen-bond acceptors (Lipinski definition) is 6. The monoisotopic (exact) mass is 410 g/mol. The van der Waals surface area contributed by atoms with Gasteiger partial charge >= 0.3 is 0 Å². The zero-order valence-electron chi connectivity index (χ0n) is 16.7. The van der Waals surface area contributed by atoms with Gasteiger partial charge in [0.2, 0.25) is 0 Å². The lowest BCUT2D eigenvalue weighted by Crippen LogP contribution is -2.31. The molecule has 1 fully saturated rings. The number of nitro benzene ring substituents is 1. The summed E-state index contributed by atoms with van der Waals surface area (Å²) in [6.07, 6.45) is 0.472. The van der Waals surface area contributed by atoms with Crippen molar-refractivity contribution in [3.05, 3.63) is 80.9 Å². The summed E-state index contributed by atoms with van der Waals surface area (Å²) in [5, 5.41) is 22.2. The molecule has 0 radical (unpaired) electrons. The van der Waals surface area contributed by atoms with Crippen LogP contribution in [0.25, 0.3) is 5.76 Å². The maximum atomic E-state index is 12.9. The SMILES string of the molecule is COCCCN1C(=O)C(=O)C(=C(O)c2ccc(C)cc2)[C@H]1c1cccc([N+](=O)[O-])c1. The average molecular weight is 410 g/mol. The predicted octanol–water partition coefficient (Wildman–Crippen LogP) is 3.36. The number of ketones is 1. The van der Waals surface area contributed by atoms with Gasteiger partial charge in [0.15, 0.2) is 0 Å². The Morgan fingerprint density at radius 1 is 1.20 bits per heavy atom. The first kappa shape index (κ1) is 21.2. The van der Waals surface area contributed by atoms with Gasteiger partial charge < -0.3 is 14.7 Å². The van der Waals surface area contributed by atoms with Gasteiger partial charge in [0, 0.05) is 38.0 Å². The fourth-order valence-corrected chi connectivity index (χ4v) is 3.51. The van der Waals surface area contributed by atoms with Gasteiger partial charge in [-0.25, -0.2) is 0 Å². The standard InChI is InChI=1S/C22H22N2O6/c1-14-7-9-15(10-8-14)20(25)18-19(16-5-3-6-17(13-16)24(28)29)23(11-4-12-30-2)22(27)21(18)26/h3,5-10,13,19,25H,4,11-12H2,1-2H3/t19-/m1/s1. The van der Waals surface area contributed by atoms with E-state index in [9.17, 15) is 24.8 Å². The van der Waals surface area contributed by atoms with Crippen molar-refractivity contribution in [3.63, 3.8) is 0 Å². The summed E-state index contributed by atoms with van der Waals surface area (Å²) in [5.74, 6) is -1.88. The molecular formula is C22H22N2O6. The fraction of sp³-hybridized carbons (Fsp3) is 0.273. The van der Waals surface area contributed by atoms with Crippen LogP contribution >= 0.6 is 0 Å². The van der Waals surface area contributed by atoms with E-state index in [1.165, 1.54) is 30.2 Å². The van der Waals surface area contributed by atoms with Gasteiger partial charge in [-0.15, -0.1) is 0 Å². The van der Waals surface area contributed by atoms with Crippen molar-refractivity contribution in [2.24, 2.45) is 0 Å². The number of rotatable bonds is 7. The molecule has 30 heavy (non-hydrogen) atoms. The Balaban J connectivity index is 2.15. The number of aliphatic hydroxyl groups excluding tert-OH is 1. The quantitative estimate of drug-likeness (QED) is 0.187. The zero-order valence-corrected chi connectivity index (χ0v) is 16.7. The van der Waals surface area contributed by atoms with E-state index in [-0.39, 0.29) is 23.6 Å². The van der Waals surface area contributed by atoms with Crippen LogP contribution in [0.5, 0.6) is 0 Å². The van der Waals surface area contributed by atoms with Crippen molar-refractivity contribution in [1.29, 1.82) is 0 Å². The molecule has 1 aliphatic heterocycles. The van der Waals surface area contributed by atoms with Crippen LogP contribution in [0.15, 0.2) is 54.1 Å². The maximum absolute atomic E-state index is 12.9. The van der Waals surface area contributed by atoms with E-state index in [1.807, 2.05) is 6.92 Å². The second kappa shape index (κ2) is 8.87. The maximum Gasteiger partial charge on any atom is 0.295 e. The van der Waals surface area contributed by atoms with E-state index in [0.29, 0.717) is 24.2 Å². The molecule has 2 aromatic carbocycles. The van der Waals surface area contributed by atoms with Crippen molar-refractivity contribution in [1.82, 2.24) is 4.90 Å². The number of amides is 1. The molecule has 2 aromatic rings. The lowest BCUT2D eigenvalue weighted by molar-refractivity contribution is -0.384. The van der Waals surface area contributed by atoms with Gasteiger partial charge in [0.05, 0.1) is 16.5 Å².